The lowest BCUT2D eigenvalue weighted by molar-refractivity contribution is 0.0630. The number of piperazine rings is 1. The van der Waals surface area contributed by atoms with Crippen molar-refractivity contribution in [1.29, 1.82) is 0 Å². The number of aromatic amines is 1. The summed E-state index contributed by atoms with van der Waals surface area (Å²) < 4.78 is 10.6. The van der Waals surface area contributed by atoms with Gasteiger partial charge >= 0.3 is 0 Å². The van der Waals surface area contributed by atoms with Crippen molar-refractivity contribution >= 4 is 28.1 Å². The third-order valence-corrected chi connectivity index (χ3v) is 5.88. The van der Waals surface area contributed by atoms with Gasteiger partial charge in [-0.05, 0) is 17.5 Å². The minimum atomic E-state index is -0.211. The number of carbonyl (C=O) groups is 1. The van der Waals surface area contributed by atoms with Crippen molar-refractivity contribution in [3.05, 3.63) is 50.7 Å². The van der Waals surface area contributed by atoms with Crippen LogP contribution in [0, 0.1) is 0 Å². The highest BCUT2D eigenvalue weighted by Crippen LogP contribution is 2.30. The van der Waals surface area contributed by atoms with Gasteiger partial charge in [-0.15, -0.1) is 11.3 Å². The van der Waals surface area contributed by atoms with Gasteiger partial charge in [-0.3, -0.25) is 14.5 Å². The minimum Gasteiger partial charge on any atom is -0.493 e. The van der Waals surface area contributed by atoms with Crippen LogP contribution in [0.15, 0.2) is 34.4 Å². The number of nitrogens with one attached hydrogen (secondary N) is 1. The molecule has 1 N–H and O–H groups in total. The first-order chi connectivity index (χ1) is 14.1. The molecule has 1 aromatic carbocycles. The van der Waals surface area contributed by atoms with Gasteiger partial charge in [0, 0.05) is 32.2 Å². The van der Waals surface area contributed by atoms with Crippen LogP contribution >= 0.6 is 11.3 Å². The molecular weight excluding hydrogens is 392 g/mol. The van der Waals surface area contributed by atoms with E-state index in [4.69, 9.17) is 9.47 Å². The maximum Gasteiger partial charge on any atom is 0.264 e. The van der Waals surface area contributed by atoms with E-state index in [0.29, 0.717) is 47.9 Å². The number of amides is 1. The number of nitrogens with zero attached hydrogens (tertiary/aromatic N) is 3. The number of aromatic nitrogens is 2. The highest BCUT2D eigenvalue weighted by Gasteiger charge is 2.23. The number of carbonyl (C=O) groups excluding carboxylic acids is 1. The van der Waals surface area contributed by atoms with Crippen molar-refractivity contribution < 1.29 is 14.3 Å². The summed E-state index contributed by atoms with van der Waals surface area (Å²) in [5.74, 6) is 1.70. The van der Waals surface area contributed by atoms with Crippen molar-refractivity contribution in [2.45, 2.75) is 6.54 Å². The van der Waals surface area contributed by atoms with Gasteiger partial charge in [0.15, 0.2) is 11.5 Å². The molecule has 0 atom stereocenters. The van der Waals surface area contributed by atoms with Crippen LogP contribution in [0.2, 0.25) is 0 Å². The molecule has 1 amide bonds. The smallest absolute Gasteiger partial charge is 0.264 e. The topological polar surface area (TPSA) is 87.8 Å². The molecular formula is C20H22N4O4S. The van der Waals surface area contributed by atoms with E-state index in [9.17, 15) is 9.59 Å². The molecule has 1 aliphatic heterocycles. The Morgan fingerprint density at radius 1 is 1.17 bits per heavy atom. The zero-order valence-electron chi connectivity index (χ0n) is 16.3. The van der Waals surface area contributed by atoms with E-state index in [1.165, 1.54) is 18.4 Å². The van der Waals surface area contributed by atoms with Crippen molar-refractivity contribution in [2.24, 2.45) is 0 Å². The summed E-state index contributed by atoms with van der Waals surface area (Å²) in [5.41, 5.74) is 0.352. The SMILES string of the molecule is COc1cc2nc(CN3CCN(C(=O)c4cccs4)CC3)[nH]c(=O)c2cc1OC. The van der Waals surface area contributed by atoms with Gasteiger partial charge in [-0.25, -0.2) is 4.98 Å². The first kappa shape index (κ1) is 19.4. The van der Waals surface area contributed by atoms with Gasteiger partial charge < -0.3 is 19.4 Å². The fourth-order valence-corrected chi connectivity index (χ4v) is 4.16. The molecule has 0 spiro atoms. The number of thiophene rings is 1. The first-order valence-corrected chi connectivity index (χ1v) is 10.2. The lowest BCUT2D eigenvalue weighted by Gasteiger charge is -2.34. The minimum absolute atomic E-state index is 0.0814. The molecule has 0 unspecified atom stereocenters. The molecule has 9 heteroatoms. The Morgan fingerprint density at radius 3 is 2.55 bits per heavy atom. The fourth-order valence-electron chi connectivity index (χ4n) is 3.47. The number of H-pyrrole nitrogens is 1. The quantitative estimate of drug-likeness (QED) is 0.687. The molecule has 8 nitrogen and oxygen atoms in total. The van der Waals surface area contributed by atoms with E-state index in [-0.39, 0.29) is 11.5 Å². The summed E-state index contributed by atoms with van der Waals surface area (Å²) in [5, 5.41) is 2.37. The maximum atomic E-state index is 12.5. The van der Waals surface area contributed by atoms with Crippen LogP contribution in [0.25, 0.3) is 10.9 Å². The van der Waals surface area contributed by atoms with E-state index in [1.807, 2.05) is 22.4 Å². The molecule has 1 aliphatic rings. The van der Waals surface area contributed by atoms with Crippen LogP contribution in [0.3, 0.4) is 0 Å². The summed E-state index contributed by atoms with van der Waals surface area (Å²) in [6, 6.07) is 7.09. The van der Waals surface area contributed by atoms with Gasteiger partial charge in [0.2, 0.25) is 0 Å². The van der Waals surface area contributed by atoms with E-state index in [0.717, 1.165) is 18.0 Å². The number of ether oxygens (including phenoxy) is 2. The molecule has 0 aliphatic carbocycles. The third kappa shape index (κ3) is 3.96. The van der Waals surface area contributed by atoms with E-state index in [1.54, 1.807) is 19.2 Å². The molecule has 29 heavy (non-hydrogen) atoms. The Labute approximate surface area is 171 Å². The predicted octanol–water partition coefficient (Wildman–Crippen LogP) is 1.96. The average molecular weight is 414 g/mol. The first-order valence-electron chi connectivity index (χ1n) is 9.29. The van der Waals surface area contributed by atoms with Gasteiger partial charge in [0.1, 0.15) is 5.82 Å². The second-order valence-corrected chi connectivity index (χ2v) is 7.73. The summed E-state index contributed by atoms with van der Waals surface area (Å²) in [7, 11) is 3.08. The standard InChI is InChI=1S/C20H22N4O4S/c1-27-15-10-13-14(11-16(15)28-2)21-18(22-19(13)25)12-23-5-7-24(8-6-23)20(26)17-4-3-9-29-17/h3-4,9-11H,5-8,12H2,1-2H3,(H,21,22,25). The van der Waals surface area contributed by atoms with Crippen LogP contribution in [-0.4, -0.2) is 66.1 Å². The summed E-state index contributed by atoms with van der Waals surface area (Å²) in [6.07, 6.45) is 0. The zero-order chi connectivity index (χ0) is 20.4. The molecule has 3 heterocycles. The normalized spacial score (nSPS) is 14.9. The average Bonchev–Trinajstić information content (AvgIpc) is 3.28. The molecule has 3 aromatic rings. The zero-order valence-corrected chi connectivity index (χ0v) is 17.1. The lowest BCUT2D eigenvalue weighted by atomic mass is 10.2. The van der Waals surface area contributed by atoms with Gasteiger partial charge in [-0.2, -0.15) is 0 Å². The summed E-state index contributed by atoms with van der Waals surface area (Å²) >= 11 is 1.46. The number of hydrogen-bond donors (Lipinski definition) is 1. The van der Waals surface area contributed by atoms with Crippen LogP contribution in [0.4, 0.5) is 0 Å². The Hall–Kier alpha value is -2.91. The van der Waals surface area contributed by atoms with E-state index >= 15 is 0 Å². The molecule has 152 valence electrons. The molecule has 0 radical (unpaired) electrons. The molecule has 4 rings (SSSR count). The predicted molar refractivity (Wildman–Crippen MR) is 111 cm³/mol. The van der Waals surface area contributed by atoms with Crippen LogP contribution in [-0.2, 0) is 6.54 Å². The number of rotatable bonds is 5. The maximum absolute atomic E-state index is 12.5. The molecule has 0 bridgehead atoms. The summed E-state index contributed by atoms with van der Waals surface area (Å²) in [4.78, 5) is 37.3. The van der Waals surface area contributed by atoms with Crippen molar-refractivity contribution in [3.8, 4) is 11.5 Å². The van der Waals surface area contributed by atoms with Crippen LogP contribution < -0.4 is 15.0 Å². The summed E-state index contributed by atoms with van der Waals surface area (Å²) in [6.45, 7) is 3.27. The highest BCUT2D eigenvalue weighted by atomic mass is 32.1. The second-order valence-electron chi connectivity index (χ2n) is 6.78. The largest absolute Gasteiger partial charge is 0.493 e. The van der Waals surface area contributed by atoms with Crippen LogP contribution in [0.5, 0.6) is 11.5 Å². The van der Waals surface area contributed by atoms with Gasteiger partial charge in [0.05, 0.1) is 36.5 Å². The van der Waals surface area contributed by atoms with Gasteiger partial charge in [-0.1, -0.05) is 6.07 Å². The Bertz CT molecular complexity index is 1070. The Morgan fingerprint density at radius 2 is 1.90 bits per heavy atom. The van der Waals surface area contributed by atoms with Crippen LogP contribution in [0.1, 0.15) is 15.5 Å². The highest BCUT2D eigenvalue weighted by molar-refractivity contribution is 7.12. The Kier molecular flexibility index (Phi) is 5.50. The van der Waals surface area contributed by atoms with Crippen molar-refractivity contribution in [3.63, 3.8) is 0 Å². The Balaban J connectivity index is 1.47. The molecule has 2 aromatic heterocycles. The number of benzene rings is 1. The number of fused-ring (bicyclic) bond motifs is 1. The number of hydrogen-bond acceptors (Lipinski definition) is 7. The fraction of sp³-hybridized carbons (Fsp3) is 0.350. The van der Waals surface area contributed by atoms with E-state index < -0.39 is 0 Å². The second kappa shape index (κ2) is 8.22. The van der Waals surface area contributed by atoms with Gasteiger partial charge in [0.25, 0.3) is 11.5 Å². The molecule has 1 saturated heterocycles. The number of methoxy groups -OCH3 is 2. The molecule has 0 saturated carbocycles. The lowest BCUT2D eigenvalue weighted by Crippen LogP contribution is -2.48. The molecule has 1 fully saturated rings. The van der Waals surface area contributed by atoms with Crippen molar-refractivity contribution in [2.75, 3.05) is 40.4 Å². The third-order valence-electron chi connectivity index (χ3n) is 5.02. The monoisotopic (exact) mass is 414 g/mol. The van der Waals surface area contributed by atoms with Crippen molar-refractivity contribution in [1.82, 2.24) is 19.8 Å². The van der Waals surface area contributed by atoms with E-state index in [2.05, 4.69) is 14.9 Å².